The van der Waals surface area contributed by atoms with E-state index >= 15 is 0 Å². The lowest BCUT2D eigenvalue weighted by Gasteiger charge is -2.59. The number of hydrogen-bond donors (Lipinski definition) is 3. The Hall–Kier alpha value is -7.08. The number of nitrogens with zero attached hydrogens (tertiary/aromatic N) is 6. The number of ether oxygens (including phenoxy) is 10. The van der Waals surface area contributed by atoms with Crippen LogP contribution in [0.3, 0.4) is 0 Å². The predicted molar refractivity (Wildman–Crippen MR) is 280 cm³/mol. The SMILES string of the molecule is COCOc1c(OC)c(C)cc2c1[C@@H]1C3Cc4c(OC(C)=O)c(C)c5c(c4[C@H](CO)N3C(C#N)[C@H](C2)N1C)OCO5.COc1c(C)cc2c(c1O)[C@@H]1C3Cc4c(OC(C)=O)c(C)c5c(c4[C@H](CO)N3C(C#N)[C@H](C2)N1C)OCO5. The molecular weight excluding hydrogens is 1020 g/mol. The fourth-order valence-corrected chi connectivity index (χ4v) is 14.8. The second-order valence-corrected chi connectivity index (χ2v) is 21.6. The Balaban J connectivity index is 0.000000168. The zero-order valence-corrected chi connectivity index (χ0v) is 46.2. The Morgan fingerprint density at radius 1 is 0.608 bits per heavy atom. The number of phenols is 1. The molecule has 4 aromatic carbocycles. The molecule has 0 aromatic heterocycles. The Morgan fingerprint density at radius 3 is 1.46 bits per heavy atom. The van der Waals surface area contributed by atoms with E-state index in [1.165, 1.54) is 21.0 Å². The summed E-state index contributed by atoms with van der Waals surface area (Å²) in [5.41, 5.74) is 9.83. The number of phenolic OH excluding ortho intramolecular Hbond substituents is 1. The van der Waals surface area contributed by atoms with Crippen molar-refractivity contribution in [2.24, 2.45) is 0 Å². The maximum Gasteiger partial charge on any atom is 0.308 e. The minimum absolute atomic E-state index is 0.0176. The van der Waals surface area contributed by atoms with Crippen LogP contribution in [0, 0.1) is 50.4 Å². The molecular formula is C58H66N6O15. The molecule has 79 heavy (non-hydrogen) atoms. The average molecular weight is 1090 g/mol. The number of esters is 2. The van der Waals surface area contributed by atoms with Crippen LogP contribution < -0.4 is 42.6 Å². The smallest absolute Gasteiger partial charge is 0.308 e. The molecule has 10 atom stereocenters. The number of rotatable bonds is 9. The fourth-order valence-electron chi connectivity index (χ4n) is 14.8. The monoisotopic (exact) mass is 1090 g/mol. The first-order valence-electron chi connectivity index (χ1n) is 26.5. The molecule has 8 heterocycles. The summed E-state index contributed by atoms with van der Waals surface area (Å²) in [4.78, 5) is 33.0. The molecule has 0 spiro atoms. The van der Waals surface area contributed by atoms with Gasteiger partial charge in [-0.05, 0) is 89.7 Å². The molecule has 418 valence electrons. The molecule has 4 bridgehead atoms. The molecule has 3 N–H and O–H groups in total. The van der Waals surface area contributed by atoms with Crippen LogP contribution in [-0.2, 0) is 40.0 Å². The highest BCUT2D eigenvalue weighted by Gasteiger charge is 2.59. The van der Waals surface area contributed by atoms with Crippen LogP contribution in [0.15, 0.2) is 12.1 Å². The van der Waals surface area contributed by atoms with Gasteiger partial charge in [0.05, 0.1) is 63.7 Å². The topological polar surface area (TPSA) is 248 Å². The maximum absolute atomic E-state index is 12.3. The summed E-state index contributed by atoms with van der Waals surface area (Å²) >= 11 is 0. The summed E-state index contributed by atoms with van der Waals surface area (Å²) < 4.78 is 57.8. The quantitative estimate of drug-likeness (QED) is 0.111. The summed E-state index contributed by atoms with van der Waals surface area (Å²) in [6.45, 7) is 9.81. The number of nitriles is 2. The van der Waals surface area contributed by atoms with Crippen molar-refractivity contribution in [3.05, 3.63) is 78.9 Å². The number of likely N-dealkylation sites (N-methyl/N-ethyl adjacent to an activating group) is 2. The number of benzene rings is 4. The minimum atomic E-state index is -0.603. The molecule has 8 aliphatic heterocycles. The van der Waals surface area contributed by atoms with Crippen LogP contribution in [0.25, 0.3) is 0 Å². The van der Waals surface area contributed by atoms with E-state index in [0.717, 1.165) is 44.5 Å². The number of fused-ring (bicyclic) bond motifs is 18. The second kappa shape index (κ2) is 20.5. The van der Waals surface area contributed by atoms with Gasteiger partial charge in [-0.25, -0.2) is 0 Å². The molecule has 2 fully saturated rings. The zero-order chi connectivity index (χ0) is 56.2. The lowest BCUT2D eigenvalue weighted by Crippen LogP contribution is -2.68. The van der Waals surface area contributed by atoms with E-state index in [0.29, 0.717) is 99.7 Å². The third kappa shape index (κ3) is 8.02. The van der Waals surface area contributed by atoms with Crippen molar-refractivity contribution >= 4 is 11.9 Å². The summed E-state index contributed by atoms with van der Waals surface area (Å²) in [5.74, 6) is 3.72. The largest absolute Gasteiger partial charge is 0.504 e. The van der Waals surface area contributed by atoms with Crippen molar-refractivity contribution in [3.63, 3.8) is 0 Å². The standard InChI is InChI=1S/C30H35N3O8.C28H31N3O7/c1-14-7-17-8-19-21(10-31)33-20(25(32(19)4)23(17)29(26(14)37-6)38-12-36-5)9-18-24(22(33)11-34)30-28(39-13-40-30)15(2)27(18)41-16(3)35;1-12-6-15-7-17-19(9-29)31-18(23(30(17)4)21(15)24(34)25(12)35-5)8-16-22(20(31)10-32)28-27(36-11-37-28)13(2)26(16)38-14(3)33/h7,19-22,25,34H,8-9,11-13H2,1-6H3;6,17-20,23,32,34H,7-8,10-11H2,1-5H3/t19-,20?,21?,22-,25-;17-,18?,19?,20-,23-/m00/s1. The van der Waals surface area contributed by atoms with Gasteiger partial charge >= 0.3 is 11.9 Å². The highest BCUT2D eigenvalue weighted by molar-refractivity contribution is 5.76. The molecule has 2 saturated heterocycles. The summed E-state index contributed by atoms with van der Waals surface area (Å²) in [6, 6.07) is 5.55. The average Bonchev–Trinajstić information content (AvgIpc) is 4.18. The number of hydrogen-bond acceptors (Lipinski definition) is 21. The third-order valence-corrected chi connectivity index (χ3v) is 17.7. The molecule has 0 aliphatic carbocycles. The van der Waals surface area contributed by atoms with Gasteiger partial charge in [0.1, 0.15) is 23.6 Å². The van der Waals surface area contributed by atoms with Crippen molar-refractivity contribution in [1.29, 1.82) is 10.5 Å². The highest BCUT2D eigenvalue weighted by atomic mass is 16.7. The number of carbonyl (C=O) groups excluding carboxylic acids is 2. The lowest BCUT2D eigenvalue weighted by molar-refractivity contribution is -0.133. The van der Waals surface area contributed by atoms with Gasteiger partial charge in [0.15, 0.2) is 52.8 Å². The lowest BCUT2D eigenvalue weighted by atomic mass is 9.71. The van der Waals surface area contributed by atoms with Crippen molar-refractivity contribution in [2.75, 3.05) is 69.0 Å². The molecule has 8 aliphatic rings. The van der Waals surface area contributed by atoms with Gasteiger partial charge in [-0.2, -0.15) is 10.5 Å². The number of aryl methyl sites for hydroxylation is 2. The first-order chi connectivity index (χ1) is 38.0. The van der Waals surface area contributed by atoms with Crippen LogP contribution in [-0.4, -0.2) is 152 Å². The Kier molecular flexibility index (Phi) is 14.0. The van der Waals surface area contributed by atoms with Gasteiger partial charge in [0.25, 0.3) is 0 Å². The first-order valence-corrected chi connectivity index (χ1v) is 26.5. The van der Waals surface area contributed by atoms with E-state index in [1.54, 1.807) is 14.2 Å². The van der Waals surface area contributed by atoms with Crippen LogP contribution in [0.2, 0.25) is 0 Å². The van der Waals surface area contributed by atoms with Gasteiger partial charge < -0.3 is 62.7 Å². The summed E-state index contributed by atoms with van der Waals surface area (Å²) in [7, 11) is 8.75. The first kappa shape index (κ1) is 53.9. The zero-order valence-electron chi connectivity index (χ0n) is 46.2. The molecule has 0 amide bonds. The molecule has 21 heteroatoms. The van der Waals surface area contributed by atoms with Gasteiger partial charge in [-0.3, -0.25) is 29.2 Å². The molecule has 4 unspecified atom stereocenters. The highest BCUT2D eigenvalue weighted by Crippen LogP contribution is 2.61. The van der Waals surface area contributed by atoms with E-state index in [4.69, 9.17) is 47.4 Å². The summed E-state index contributed by atoms with van der Waals surface area (Å²) in [5, 5.41) is 54.3. The van der Waals surface area contributed by atoms with Crippen molar-refractivity contribution in [2.45, 2.75) is 128 Å². The van der Waals surface area contributed by atoms with Crippen LogP contribution in [0.1, 0.15) is 105 Å². The fraction of sp³-hybridized carbons (Fsp3) is 0.517. The molecule has 4 aromatic rings. The van der Waals surface area contributed by atoms with Crippen molar-refractivity contribution < 1.29 is 72.3 Å². The Bertz CT molecular complexity index is 3280. The molecule has 12 rings (SSSR count). The maximum atomic E-state index is 12.3. The van der Waals surface area contributed by atoms with E-state index < -0.39 is 36.1 Å². The van der Waals surface area contributed by atoms with Crippen molar-refractivity contribution in [3.8, 4) is 69.6 Å². The number of piperazine rings is 2. The number of aromatic hydroxyl groups is 1. The second-order valence-electron chi connectivity index (χ2n) is 21.6. The molecule has 21 nitrogen and oxygen atoms in total. The van der Waals surface area contributed by atoms with E-state index in [9.17, 15) is 35.4 Å². The van der Waals surface area contributed by atoms with Gasteiger partial charge in [-0.15, -0.1) is 0 Å². The van der Waals surface area contributed by atoms with Gasteiger partial charge in [0, 0.05) is 89.6 Å². The third-order valence-electron chi connectivity index (χ3n) is 17.7. The molecule has 0 radical (unpaired) electrons. The number of aliphatic hydroxyl groups excluding tert-OH is 2. The van der Waals surface area contributed by atoms with Crippen LogP contribution >= 0.6 is 0 Å². The number of carbonyl (C=O) groups is 2. The predicted octanol–water partition coefficient (Wildman–Crippen LogP) is 5.15. The van der Waals surface area contributed by atoms with E-state index in [-0.39, 0.29) is 75.6 Å². The van der Waals surface area contributed by atoms with Crippen molar-refractivity contribution in [1.82, 2.24) is 19.6 Å². The normalized spacial score (nSPS) is 26.5. The van der Waals surface area contributed by atoms with Gasteiger partial charge in [0.2, 0.25) is 13.6 Å². The van der Waals surface area contributed by atoms with Crippen LogP contribution in [0.4, 0.5) is 0 Å². The number of methoxy groups -OCH3 is 3. The number of aliphatic hydroxyl groups is 2. The van der Waals surface area contributed by atoms with Gasteiger partial charge in [-0.1, -0.05) is 12.1 Å². The Morgan fingerprint density at radius 2 is 1.04 bits per heavy atom. The Labute approximate surface area is 458 Å². The van der Waals surface area contributed by atoms with E-state index in [2.05, 4.69) is 37.8 Å². The van der Waals surface area contributed by atoms with Crippen LogP contribution in [0.5, 0.6) is 57.5 Å². The molecule has 0 saturated carbocycles. The minimum Gasteiger partial charge on any atom is -0.504 e. The van der Waals surface area contributed by atoms with E-state index in [1.807, 2.05) is 47.9 Å². The summed E-state index contributed by atoms with van der Waals surface area (Å²) in [6.07, 6.45) is 2.02.